The summed E-state index contributed by atoms with van der Waals surface area (Å²) in [6.07, 6.45) is 5.45. The molecule has 1 atom stereocenters. The molecule has 1 heterocycles. The average Bonchev–Trinajstić information content (AvgIpc) is 2.50. The lowest BCUT2D eigenvalue weighted by molar-refractivity contribution is -0.116. The molecule has 0 aliphatic rings. The first-order valence-electron chi connectivity index (χ1n) is 6.54. The first kappa shape index (κ1) is 16.5. The zero-order chi connectivity index (χ0) is 15.9. The summed E-state index contributed by atoms with van der Waals surface area (Å²) in [4.78, 5) is 15.6. The summed E-state index contributed by atoms with van der Waals surface area (Å²) >= 11 is 11.7. The maximum absolute atomic E-state index is 11.7. The number of aromatic nitrogens is 1. The third-order valence-electron chi connectivity index (χ3n) is 2.85. The second kappa shape index (κ2) is 7.94. The highest BCUT2D eigenvalue weighted by Crippen LogP contribution is 2.23. The molecule has 1 unspecified atom stereocenters. The van der Waals surface area contributed by atoms with Crippen molar-refractivity contribution in [3.63, 3.8) is 0 Å². The Balaban J connectivity index is 1.89. The van der Waals surface area contributed by atoms with Gasteiger partial charge in [-0.05, 0) is 41.5 Å². The van der Waals surface area contributed by atoms with Crippen LogP contribution in [-0.4, -0.2) is 22.5 Å². The summed E-state index contributed by atoms with van der Waals surface area (Å²) in [5.74, 6) is -0.309. The average molecular weight is 337 g/mol. The fourth-order valence-corrected chi connectivity index (χ4v) is 2.33. The minimum Gasteiger partial charge on any atom is -0.387 e. The van der Waals surface area contributed by atoms with Crippen LogP contribution < -0.4 is 5.32 Å². The molecule has 1 amide bonds. The van der Waals surface area contributed by atoms with Crippen molar-refractivity contribution in [2.45, 2.75) is 6.10 Å². The first-order chi connectivity index (χ1) is 10.5. The van der Waals surface area contributed by atoms with Gasteiger partial charge in [-0.3, -0.25) is 9.78 Å². The number of hydrogen-bond acceptors (Lipinski definition) is 3. The van der Waals surface area contributed by atoms with Crippen LogP contribution in [0.3, 0.4) is 0 Å². The van der Waals surface area contributed by atoms with Crippen molar-refractivity contribution in [2.24, 2.45) is 0 Å². The van der Waals surface area contributed by atoms with Crippen molar-refractivity contribution in [3.05, 3.63) is 70.0 Å². The molecule has 0 spiro atoms. The number of rotatable bonds is 5. The van der Waals surface area contributed by atoms with Crippen molar-refractivity contribution in [2.75, 3.05) is 6.54 Å². The zero-order valence-electron chi connectivity index (χ0n) is 11.5. The standard InChI is InChI=1S/C16H14Cl2N2O2/c17-13-6-12(7-14(18)8-13)15(21)10-20-16(22)4-3-11-2-1-5-19-9-11/h1-9,15,21H,10H2,(H,20,22)/b4-3+. The van der Waals surface area contributed by atoms with Crippen LogP contribution in [0, 0.1) is 0 Å². The second-order valence-electron chi connectivity index (χ2n) is 4.58. The molecule has 0 saturated heterocycles. The topological polar surface area (TPSA) is 62.2 Å². The molecule has 1 aromatic carbocycles. The molecule has 0 aliphatic carbocycles. The largest absolute Gasteiger partial charge is 0.387 e. The van der Waals surface area contributed by atoms with Gasteiger partial charge >= 0.3 is 0 Å². The van der Waals surface area contributed by atoms with Crippen LogP contribution in [0.15, 0.2) is 48.8 Å². The van der Waals surface area contributed by atoms with Gasteiger partial charge in [0.15, 0.2) is 0 Å². The van der Waals surface area contributed by atoms with Gasteiger partial charge in [0.2, 0.25) is 5.91 Å². The van der Waals surface area contributed by atoms with E-state index in [2.05, 4.69) is 10.3 Å². The predicted octanol–water partition coefficient (Wildman–Crippen LogP) is 3.25. The Morgan fingerprint density at radius 2 is 2.05 bits per heavy atom. The van der Waals surface area contributed by atoms with Crippen molar-refractivity contribution in [3.8, 4) is 0 Å². The Morgan fingerprint density at radius 3 is 2.68 bits per heavy atom. The number of carbonyl (C=O) groups excluding carboxylic acids is 1. The van der Waals surface area contributed by atoms with Crippen LogP contribution in [0.1, 0.15) is 17.2 Å². The molecule has 6 heteroatoms. The van der Waals surface area contributed by atoms with Crippen LogP contribution in [0.4, 0.5) is 0 Å². The van der Waals surface area contributed by atoms with Crippen molar-refractivity contribution in [1.82, 2.24) is 10.3 Å². The Labute approximate surface area is 138 Å². The number of nitrogens with one attached hydrogen (secondary N) is 1. The number of amides is 1. The maximum Gasteiger partial charge on any atom is 0.244 e. The van der Waals surface area contributed by atoms with Crippen LogP contribution in [0.25, 0.3) is 6.08 Å². The van der Waals surface area contributed by atoms with E-state index in [4.69, 9.17) is 23.2 Å². The SMILES string of the molecule is O=C(/C=C/c1cccnc1)NCC(O)c1cc(Cl)cc(Cl)c1. The fourth-order valence-electron chi connectivity index (χ4n) is 1.79. The molecule has 2 aromatic rings. The molecule has 0 bridgehead atoms. The molecule has 22 heavy (non-hydrogen) atoms. The second-order valence-corrected chi connectivity index (χ2v) is 5.46. The number of carbonyl (C=O) groups is 1. The van der Waals surface area contributed by atoms with Gasteiger partial charge in [-0.2, -0.15) is 0 Å². The molecule has 4 nitrogen and oxygen atoms in total. The van der Waals surface area contributed by atoms with E-state index in [-0.39, 0.29) is 12.5 Å². The van der Waals surface area contributed by atoms with Gasteiger partial charge in [0.25, 0.3) is 0 Å². The normalized spacial score (nSPS) is 12.3. The van der Waals surface area contributed by atoms with E-state index in [9.17, 15) is 9.90 Å². The van der Waals surface area contributed by atoms with Crippen molar-refractivity contribution >= 4 is 35.2 Å². The molecule has 2 N–H and O–H groups in total. The molecular formula is C16H14Cl2N2O2. The van der Waals surface area contributed by atoms with Gasteiger partial charge in [0.05, 0.1) is 6.10 Å². The molecule has 0 saturated carbocycles. The highest BCUT2D eigenvalue weighted by Gasteiger charge is 2.10. The van der Waals surface area contributed by atoms with E-state index in [1.54, 1.807) is 42.7 Å². The van der Waals surface area contributed by atoms with Crippen LogP contribution in [0.5, 0.6) is 0 Å². The van der Waals surface area contributed by atoms with E-state index < -0.39 is 6.10 Å². The molecule has 0 radical (unpaired) electrons. The summed E-state index contributed by atoms with van der Waals surface area (Å²) in [7, 11) is 0. The van der Waals surface area contributed by atoms with Crippen LogP contribution >= 0.6 is 23.2 Å². The van der Waals surface area contributed by atoms with E-state index >= 15 is 0 Å². The minimum absolute atomic E-state index is 0.0624. The Bertz CT molecular complexity index is 655. The maximum atomic E-state index is 11.7. The van der Waals surface area contributed by atoms with E-state index in [1.165, 1.54) is 6.08 Å². The summed E-state index contributed by atoms with van der Waals surface area (Å²) in [5, 5.41) is 13.5. The first-order valence-corrected chi connectivity index (χ1v) is 7.30. The molecule has 2 rings (SSSR count). The molecule has 1 aromatic heterocycles. The lowest BCUT2D eigenvalue weighted by Crippen LogP contribution is -2.26. The van der Waals surface area contributed by atoms with Gasteiger partial charge in [-0.1, -0.05) is 29.3 Å². The molecular weight excluding hydrogens is 323 g/mol. The lowest BCUT2D eigenvalue weighted by Gasteiger charge is -2.12. The number of aliphatic hydroxyl groups is 1. The van der Waals surface area contributed by atoms with Gasteiger partial charge in [-0.15, -0.1) is 0 Å². The monoisotopic (exact) mass is 336 g/mol. The number of benzene rings is 1. The Hall–Kier alpha value is -1.88. The predicted molar refractivity (Wildman–Crippen MR) is 87.7 cm³/mol. The molecule has 0 aliphatic heterocycles. The van der Waals surface area contributed by atoms with Gasteiger partial charge in [-0.25, -0.2) is 0 Å². The quantitative estimate of drug-likeness (QED) is 0.824. The smallest absolute Gasteiger partial charge is 0.244 e. The summed E-state index contributed by atoms with van der Waals surface area (Å²) < 4.78 is 0. The third-order valence-corrected chi connectivity index (χ3v) is 3.29. The number of pyridine rings is 1. The van der Waals surface area contributed by atoms with Crippen molar-refractivity contribution < 1.29 is 9.90 Å². The minimum atomic E-state index is -0.882. The molecule has 0 fully saturated rings. The fraction of sp³-hybridized carbons (Fsp3) is 0.125. The van der Waals surface area contributed by atoms with Gasteiger partial charge in [0.1, 0.15) is 0 Å². The summed E-state index contributed by atoms with van der Waals surface area (Å²) in [6, 6.07) is 8.41. The van der Waals surface area contributed by atoms with Gasteiger partial charge < -0.3 is 10.4 Å². The number of halogens is 2. The van der Waals surface area contributed by atoms with Crippen LogP contribution in [0.2, 0.25) is 10.0 Å². The summed E-state index contributed by atoms with van der Waals surface area (Å²) in [6.45, 7) is 0.0624. The van der Waals surface area contributed by atoms with E-state index in [0.29, 0.717) is 15.6 Å². The lowest BCUT2D eigenvalue weighted by atomic mass is 10.1. The highest BCUT2D eigenvalue weighted by molar-refractivity contribution is 6.34. The molecule has 114 valence electrons. The zero-order valence-corrected chi connectivity index (χ0v) is 13.1. The van der Waals surface area contributed by atoms with E-state index in [1.807, 2.05) is 6.07 Å². The Kier molecular flexibility index (Phi) is 5.95. The summed E-state index contributed by atoms with van der Waals surface area (Å²) in [5.41, 5.74) is 1.37. The van der Waals surface area contributed by atoms with Crippen molar-refractivity contribution in [1.29, 1.82) is 0 Å². The number of nitrogens with zero attached hydrogens (tertiary/aromatic N) is 1. The highest BCUT2D eigenvalue weighted by atomic mass is 35.5. The van der Waals surface area contributed by atoms with E-state index in [0.717, 1.165) is 5.56 Å². The number of aliphatic hydroxyl groups excluding tert-OH is 1. The van der Waals surface area contributed by atoms with Crippen LogP contribution in [-0.2, 0) is 4.79 Å². The number of hydrogen-bond donors (Lipinski definition) is 2. The van der Waals surface area contributed by atoms with Gasteiger partial charge in [0, 0.05) is 35.1 Å². The third kappa shape index (κ3) is 5.15. The Morgan fingerprint density at radius 1 is 1.32 bits per heavy atom.